The highest BCUT2D eigenvalue weighted by Gasteiger charge is 2.26. The second-order valence-electron chi connectivity index (χ2n) is 6.11. The Balaban J connectivity index is 1.71. The van der Waals surface area contributed by atoms with E-state index in [2.05, 4.69) is 47.6 Å². The van der Waals surface area contributed by atoms with Gasteiger partial charge in [0.1, 0.15) is 5.82 Å². The molecule has 0 unspecified atom stereocenters. The molecular weight excluding hydrogens is 232 g/mol. The van der Waals surface area contributed by atoms with Crippen molar-refractivity contribution in [3.05, 3.63) is 36.4 Å². The average molecular weight is 254 g/mol. The molecular formula is C17H22N2. The monoisotopic (exact) mass is 254 g/mol. The zero-order chi connectivity index (χ0) is 13.1. The number of pyridine rings is 1. The Hall–Kier alpha value is -1.57. The van der Waals surface area contributed by atoms with E-state index in [1.807, 2.05) is 6.07 Å². The van der Waals surface area contributed by atoms with Crippen LogP contribution in [0.1, 0.15) is 39.0 Å². The van der Waals surface area contributed by atoms with Gasteiger partial charge in [0.15, 0.2) is 0 Å². The first-order chi connectivity index (χ1) is 9.25. The molecule has 0 saturated heterocycles. The molecule has 1 aliphatic carbocycles. The lowest BCUT2D eigenvalue weighted by atomic mass is 9.76. The molecule has 100 valence electrons. The highest BCUT2D eigenvalue weighted by molar-refractivity contribution is 5.80. The number of anilines is 1. The minimum absolute atomic E-state index is 0.450. The van der Waals surface area contributed by atoms with Gasteiger partial charge in [-0.1, -0.05) is 44.4 Å². The Kier molecular flexibility index (Phi) is 3.41. The fourth-order valence-corrected chi connectivity index (χ4v) is 3.05. The predicted octanol–water partition coefficient (Wildman–Crippen LogP) is 4.62. The average Bonchev–Trinajstić information content (AvgIpc) is 2.46. The first-order valence-corrected chi connectivity index (χ1v) is 7.35. The normalized spacial score (nSPS) is 18.4. The molecule has 0 atom stereocenters. The molecule has 0 aliphatic heterocycles. The molecule has 3 rings (SSSR count). The lowest BCUT2D eigenvalue weighted by Crippen LogP contribution is -2.29. The van der Waals surface area contributed by atoms with Gasteiger partial charge in [0, 0.05) is 11.9 Å². The number of aromatic nitrogens is 1. The van der Waals surface area contributed by atoms with Crippen molar-refractivity contribution in [3.63, 3.8) is 0 Å². The van der Waals surface area contributed by atoms with Gasteiger partial charge in [-0.05, 0) is 36.5 Å². The van der Waals surface area contributed by atoms with Crippen molar-refractivity contribution in [1.82, 2.24) is 4.98 Å². The van der Waals surface area contributed by atoms with Gasteiger partial charge in [-0.2, -0.15) is 0 Å². The molecule has 1 fully saturated rings. The van der Waals surface area contributed by atoms with Crippen molar-refractivity contribution in [1.29, 1.82) is 0 Å². The lowest BCUT2D eigenvalue weighted by Gasteiger charge is -2.33. The largest absolute Gasteiger partial charge is 0.370 e. The van der Waals surface area contributed by atoms with Crippen LogP contribution in [0.4, 0.5) is 5.82 Å². The third kappa shape index (κ3) is 2.89. The smallest absolute Gasteiger partial charge is 0.126 e. The molecule has 2 heteroatoms. The topological polar surface area (TPSA) is 24.9 Å². The summed E-state index contributed by atoms with van der Waals surface area (Å²) in [6.07, 6.45) is 6.84. The lowest BCUT2D eigenvalue weighted by molar-refractivity contribution is 0.233. The van der Waals surface area contributed by atoms with Crippen LogP contribution in [0.15, 0.2) is 36.4 Å². The maximum absolute atomic E-state index is 4.68. The number of para-hydroxylation sites is 1. The number of nitrogens with zero attached hydrogens (tertiary/aromatic N) is 1. The highest BCUT2D eigenvalue weighted by Crippen LogP contribution is 2.35. The summed E-state index contributed by atoms with van der Waals surface area (Å²) in [5.74, 6) is 1.01. The quantitative estimate of drug-likeness (QED) is 0.864. The number of hydrogen-bond acceptors (Lipinski definition) is 2. The molecule has 1 aromatic heterocycles. The van der Waals surface area contributed by atoms with Crippen molar-refractivity contribution in [3.8, 4) is 0 Å². The number of rotatable bonds is 3. The van der Waals surface area contributed by atoms with Crippen LogP contribution in [0.5, 0.6) is 0 Å². The fraction of sp³-hybridized carbons (Fsp3) is 0.471. The maximum Gasteiger partial charge on any atom is 0.126 e. The summed E-state index contributed by atoms with van der Waals surface area (Å²) in [4.78, 5) is 4.68. The molecule has 0 radical (unpaired) electrons. The van der Waals surface area contributed by atoms with Gasteiger partial charge in [-0.15, -0.1) is 0 Å². The van der Waals surface area contributed by atoms with E-state index in [-0.39, 0.29) is 0 Å². The minimum atomic E-state index is 0.450. The SMILES string of the molecule is CC1(CNc2ccc3ccccc3n2)CCCCC1. The van der Waals surface area contributed by atoms with E-state index >= 15 is 0 Å². The maximum atomic E-state index is 4.68. The van der Waals surface area contributed by atoms with Crippen LogP contribution in [0.2, 0.25) is 0 Å². The first-order valence-electron chi connectivity index (χ1n) is 7.35. The number of nitrogens with one attached hydrogen (secondary N) is 1. The molecule has 1 N–H and O–H groups in total. The zero-order valence-corrected chi connectivity index (χ0v) is 11.7. The molecule has 1 aromatic carbocycles. The van der Waals surface area contributed by atoms with Gasteiger partial charge in [-0.25, -0.2) is 4.98 Å². The molecule has 2 aromatic rings. The van der Waals surface area contributed by atoms with Gasteiger partial charge in [-0.3, -0.25) is 0 Å². The zero-order valence-electron chi connectivity index (χ0n) is 11.7. The molecule has 19 heavy (non-hydrogen) atoms. The van der Waals surface area contributed by atoms with E-state index in [9.17, 15) is 0 Å². The van der Waals surface area contributed by atoms with E-state index in [0.29, 0.717) is 5.41 Å². The second kappa shape index (κ2) is 5.20. The van der Waals surface area contributed by atoms with E-state index in [0.717, 1.165) is 17.9 Å². The van der Waals surface area contributed by atoms with Crippen LogP contribution in [0.3, 0.4) is 0 Å². The van der Waals surface area contributed by atoms with Crippen molar-refractivity contribution < 1.29 is 0 Å². The van der Waals surface area contributed by atoms with E-state index in [1.165, 1.54) is 37.5 Å². The van der Waals surface area contributed by atoms with Crippen LogP contribution in [-0.2, 0) is 0 Å². The third-order valence-corrected chi connectivity index (χ3v) is 4.36. The van der Waals surface area contributed by atoms with Crippen molar-refractivity contribution in [2.45, 2.75) is 39.0 Å². The second-order valence-corrected chi connectivity index (χ2v) is 6.11. The van der Waals surface area contributed by atoms with Crippen LogP contribution in [0, 0.1) is 5.41 Å². The first kappa shape index (κ1) is 12.5. The van der Waals surface area contributed by atoms with Gasteiger partial charge in [0.05, 0.1) is 5.52 Å². The molecule has 1 heterocycles. The van der Waals surface area contributed by atoms with E-state index < -0.39 is 0 Å². The summed E-state index contributed by atoms with van der Waals surface area (Å²) >= 11 is 0. The Morgan fingerprint density at radius 3 is 2.68 bits per heavy atom. The van der Waals surface area contributed by atoms with E-state index in [4.69, 9.17) is 0 Å². The molecule has 1 aliphatic rings. The van der Waals surface area contributed by atoms with Gasteiger partial charge >= 0.3 is 0 Å². The summed E-state index contributed by atoms with van der Waals surface area (Å²) in [5.41, 5.74) is 1.52. The third-order valence-electron chi connectivity index (χ3n) is 4.36. The summed E-state index contributed by atoms with van der Waals surface area (Å²) < 4.78 is 0. The summed E-state index contributed by atoms with van der Waals surface area (Å²) in [6.45, 7) is 3.44. The van der Waals surface area contributed by atoms with Crippen LogP contribution < -0.4 is 5.32 Å². The van der Waals surface area contributed by atoms with Crippen molar-refractivity contribution in [2.75, 3.05) is 11.9 Å². The Morgan fingerprint density at radius 2 is 1.84 bits per heavy atom. The van der Waals surface area contributed by atoms with Gasteiger partial charge < -0.3 is 5.32 Å². The Labute approximate surface area is 115 Å². The predicted molar refractivity (Wildman–Crippen MR) is 81.4 cm³/mol. The molecule has 1 saturated carbocycles. The molecule has 0 amide bonds. The van der Waals surface area contributed by atoms with Crippen LogP contribution in [-0.4, -0.2) is 11.5 Å². The van der Waals surface area contributed by atoms with Gasteiger partial charge in [0.25, 0.3) is 0 Å². The molecule has 0 bridgehead atoms. The summed E-state index contributed by atoms with van der Waals surface area (Å²) in [7, 11) is 0. The highest BCUT2D eigenvalue weighted by atomic mass is 15.0. The summed E-state index contributed by atoms with van der Waals surface area (Å²) in [5, 5.41) is 4.74. The number of hydrogen-bond donors (Lipinski definition) is 1. The minimum Gasteiger partial charge on any atom is -0.370 e. The van der Waals surface area contributed by atoms with Crippen LogP contribution >= 0.6 is 0 Å². The van der Waals surface area contributed by atoms with Gasteiger partial charge in [0.2, 0.25) is 0 Å². The number of benzene rings is 1. The fourth-order valence-electron chi connectivity index (χ4n) is 3.05. The molecule has 0 spiro atoms. The Bertz CT molecular complexity index is 556. The van der Waals surface area contributed by atoms with E-state index in [1.54, 1.807) is 0 Å². The molecule has 2 nitrogen and oxygen atoms in total. The van der Waals surface area contributed by atoms with Crippen molar-refractivity contribution in [2.24, 2.45) is 5.41 Å². The Morgan fingerprint density at radius 1 is 1.05 bits per heavy atom. The standard InChI is InChI=1S/C17H22N2/c1-17(11-5-2-6-12-17)13-18-16-10-9-14-7-3-4-8-15(14)19-16/h3-4,7-10H,2,5-6,11-13H2,1H3,(H,18,19). The number of fused-ring (bicyclic) bond motifs is 1. The van der Waals surface area contributed by atoms with Crippen LogP contribution in [0.25, 0.3) is 10.9 Å². The van der Waals surface area contributed by atoms with Crippen molar-refractivity contribution >= 4 is 16.7 Å². The summed E-state index contributed by atoms with van der Waals surface area (Å²) in [6, 6.07) is 12.5.